The molecule has 1 rings (SSSR count). The second kappa shape index (κ2) is 6.58. The van der Waals surface area contributed by atoms with Gasteiger partial charge in [-0.25, -0.2) is 0 Å². The zero-order valence-corrected chi connectivity index (χ0v) is 9.31. The van der Waals surface area contributed by atoms with Crippen LogP contribution in [0.1, 0.15) is 12.5 Å². The number of nitrogens with one attached hydrogen (secondary N) is 1. The summed E-state index contributed by atoms with van der Waals surface area (Å²) in [4.78, 5) is 11.4. The van der Waals surface area contributed by atoms with Gasteiger partial charge in [0.1, 0.15) is 0 Å². The van der Waals surface area contributed by atoms with Crippen LogP contribution >= 0.6 is 0 Å². The fourth-order valence-corrected chi connectivity index (χ4v) is 1.16. The van der Waals surface area contributed by atoms with Crippen LogP contribution in [0.15, 0.2) is 48.6 Å². The smallest absolute Gasteiger partial charge is 0.248 e. The van der Waals surface area contributed by atoms with E-state index in [-0.39, 0.29) is 5.91 Å². The van der Waals surface area contributed by atoms with Crippen LogP contribution in [0.25, 0.3) is 0 Å². The molecule has 0 heterocycles. The molecular formula is C13H16N2O. The Morgan fingerprint density at radius 3 is 2.56 bits per heavy atom. The predicted molar refractivity (Wildman–Crippen MR) is 66.9 cm³/mol. The number of benzene rings is 1. The highest BCUT2D eigenvalue weighted by Crippen LogP contribution is 2.08. The van der Waals surface area contributed by atoms with Crippen molar-refractivity contribution in [1.82, 2.24) is 0 Å². The van der Waals surface area contributed by atoms with Gasteiger partial charge in [-0.3, -0.25) is 4.79 Å². The Bertz CT molecular complexity index is 391. The van der Waals surface area contributed by atoms with Crippen molar-refractivity contribution in [1.29, 1.82) is 0 Å². The van der Waals surface area contributed by atoms with E-state index in [9.17, 15) is 4.79 Å². The topological polar surface area (TPSA) is 55.1 Å². The van der Waals surface area contributed by atoms with Crippen molar-refractivity contribution in [3.05, 3.63) is 54.1 Å². The first kappa shape index (κ1) is 12.2. The van der Waals surface area contributed by atoms with Crippen molar-refractivity contribution in [2.24, 2.45) is 5.73 Å². The molecule has 84 valence electrons. The number of anilines is 1. The summed E-state index contributed by atoms with van der Waals surface area (Å²) in [5.74, 6) is -0.140. The SMILES string of the molecule is C/C=C/C=C/C(=O)Nc1ccc(CN)cc1. The molecule has 0 aliphatic heterocycles. The molecule has 0 fully saturated rings. The lowest BCUT2D eigenvalue weighted by molar-refractivity contribution is -0.111. The highest BCUT2D eigenvalue weighted by molar-refractivity contribution is 5.99. The summed E-state index contributed by atoms with van der Waals surface area (Å²) in [5, 5.41) is 2.75. The third kappa shape index (κ3) is 4.11. The third-order valence-electron chi connectivity index (χ3n) is 2.01. The molecule has 3 heteroatoms. The Labute approximate surface area is 95.7 Å². The molecule has 0 aliphatic carbocycles. The van der Waals surface area contributed by atoms with Crippen LogP contribution < -0.4 is 11.1 Å². The van der Waals surface area contributed by atoms with Gasteiger partial charge in [0.05, 0.1) is 0 Å². The Balaban J connectivity index is 2.56. The van der Waals surface area contributed by atoms with E-state index in [2.05, 4.69) is 5.32 Å². The fraction of sp³-hybridized carbons (Fsp3) is 0.154. The van der Waals surface area contributed by atoms with Crippen molar-refractivity contribution < 1.29 is 4.79 Å². The van der Waals surface area contributed by atoms with Crippen LogP contribution in [0.5, 0.6) is 0 Å². The second-order valence-corrected chi connectivity index (χ2v) is 3.28. The number of nitrogens with two attached hydrogens (primary N) is 1. The van der Waals surface area contributed by atoms with E-state index in [0.29, 0.717) is 6.54 Å². The summed E-state index contributed by atoms with van der Waals surface area (Å²) in [6, 6.07) is 7.46. The van der Waals surface area contributed by atoms with E-state index in [4.69, 9.17) is 5.73 Å². The van der Waals surface area contributed by atoms with Gasteiger partial charge < -0.3 is 11.1 Å². The Kier molecular flexibility index (Phi) is 5.02. The number of carbonyl (C=O) groups is 1. The zero-order chi connectivity index (χ0) is 11.8. The summed E-state index contributed by atoms with van der Waals surface area (Å²) in [6.07, 6.45) is 6.84. The molecule has 0 unspecified atom stereocenters. The lowest BCUT2D eigenvalue weighted by Crippen LogP contribution is -2.07. The van der Waals surface area contributed by atoms with Gasteiger partial charge in [-0.15, -0.1) is 0 Å². The maximum atomic E-state index is 11.4. The monoisotopic (exact) mass is 216 g/mol. The molecule has 1 aromatic carbocycles. The number of rotatable bonds is 4. The van der Waals surface area contributed by atoms with E-state index in [1.807, 2.05) is 37.3 Å². The van der Waals surface area contributed by atoms with Gasteiger partial charge in [0.15, 0.2) is 0 Å². The van der Waals surface area contributed by atoms with Crippen molar-refractivity contribution >= 4 is 11.6 Å². The molecule has 0 saturated carbocycles. The highest BCUT2D eigenvalue weighted by Gasteiger charge is 1.96. The van der Waals surface area contributed by atoms with Gasteiger partial charge in [0, 0.05) is 18.3 Å². The minimum absolute atomic E-state index is 0.140. The average molecular weight is 216 g/mol. The van der Waals surface area contributed by atoms with Gasteiger partial charge in [0.2, 0.25) is 5.91 Å². The minimum atomic E-state index is -0.140. The number of hydrogen-bond donors (Lipinski definition) is 2. The third-order valence-corrected chi connectivity index (χ3v) is 2.01. The van der Waals surface area contributed by atoms with E-state index >= 15 is 0 Å². The van der Waals surface area contributed by atoms with E-state index < -0.39 is 0 Å². The van der Waals surface area contributed by atoms with Crippen molar-refractivity contribution in [2.45, 2.75) is 13.5 Å². The van der Waals surface area contributed by atoms with Crippen LogP contribution in [0, 0.1) is 0 Å². The molecule has 0 atom stereocenters. The van der Waals surface area contributed by atoms with Crippen molar-refractivity contribution in [3.63, 3.8) is 0 Å². The summed E-state index contributed by atoms with van der Waals surface area (Å²) in [5.41, 5.74) is 7.29. The van der Waals surface area contributed by atoms with Gasteiger partial charge in [-0.05, 0) is 24.6 Å². The Morgan fingerprint density at radius 2 is 2.00 bits per heavy atom. The van der Waals surface area contributed by atoms with Crippen LogP contribution in [-0.2, 0) is 11.3 Å². The molecule has 1 aromatic rings. The highest BCUT2D eigenvalue weighted by atomic mass is 16.1. The number of amides is 1. The number of hydrogen-bond acceptors (Lipinski definition) is 2. The maximum Gasteiger partial charge on any atom is 0.248 e. The summed E-state index contributed by atoms with van der Waals surface area (Å²) < 4.78 is 0. The van der Waals surface area contributed by atoms with Gasteiger partial charge in [0.25, 0.3) is 0 Å². The molecular weight excluding hydrogens is 200 g/mol. The standard InChI is InChI=1S/C13H16N2O/c1-2-3-4-5-13(16)15-12-8-6-11(10-14)7-9-12/h2-9H,10,14H2,1H3,(H,15,16)/b3-2+,5-4+. The zero-order valence-electron chi connectivity index (χ0n) is 9.31. The quantitative estimate of drug-likeness (QED) is 0.599. The fourth-order valence-electron chi connectivity index (χ4n) is 1.16. The predicted octanol–water partition coefficient (Wildman–Crippen LogP) is 2.22. The van der Waals surface area contributed by atoms with E-state index in [0.717, 1.165) is 11.3 Å². The van der Waals surface area contributed by atoms with Crippen LogP contribution in [-0.4, -0.2) is 5.91 Å². The van der Waals surface area contributed by atoms with Gasteiger partial charge >= 0.3 is 0 Å². The Morgan fingerprint density at radius 1 is 1.31 bits per heavy atom. The molecule has 3 N–H and O–H groups in total. The first-order valence-corrected chi connectivity index (χ1v) is 5.15. The first-order chi connectivity index (χ1) is 7.76. The molecule has 0 aromatic heterocycles. The van der Waals surface area contributed by atoms with Crippen LogP contribution in [0.3, 0.4) is 0 Å². The van der Waals surface area contributed by atoms with Gasteiger partial charge in [-0.2, -0.15) is 0 Å². The summed E-state index contributed by atoms with van der Waals surface area (Å²) >= 11 is 0. The lowest BCUT2D eigenvalue weighted by Gasteiger charge is -2.02. The molecule has 3 nitrogen and oxygen atoms in total. The second-order valence-electron chi connectivity index (χ2n) is 3.28. The summed E-state index contributed by atoms with van der Waals surface area (Å²) in [7, 11) is 0. The molecule has 0 saturated heterocycles. The molecule has 0 bridgehead atoms. The Hall–Kier alpha value is -1.87. The number of allylic oxidation sites excluding steroid dienone is 3. The van der Waals surface area contributed by atoms with Crippen LogP contribution in [0.4, 0.5) is 5.69 Å². The first-order valence-electron chi connectivity index (χ1n) is 5.15. The molecule has 0 radical (unpaired) electrons. The van der Waals surface area contributed by atoms with Crippen molar-refractivity contribution in [3.8, 4) is 0 Å². The molecule has 16 heavy (non-hydrogen) atoms. The van der Waals surface area contributed by atoms with E-state index in [1.54, 1.807) is 12.2 Å². The van der Waals surface area contributed by atoms with Gasteiger partial charge in [-0.1, -0.05) is 30.4 Å². The minimum Gasteiger partial charge on any atom is -0.326 e. The molecule has 1 amide bonds. The normalized spacial score (nSPS) is 11.1. The van der Waals surface area contributed by atoms with Crippen molar-refractivity contribution in [2.75, 3.05) is 5.32 Å². The van der Waals surface area contributed by atoms with E-state index in [1.165, 1.54) is 6.08 Å². The number of carbonyl (C=O) groups excluding carboxylic acids is 1. The average Bonchev–Trinajstić information content (AvgIpc) is 2.30. The molecule has 0 aliphatic rings. The lowest BCUT2D eigenvalue weighted by atomic mass is 10.2. The molecule has 0 spiro atoms. The summed E-state index contributed by atoms with van der Waals surface area (Å²) in [6.45, 7) is 2.41. The van der Waals surface area contributed by atoms with Crippen LogP contribution in [0.2, 0.25) is 0 Å². The largest absolute Gasteiger partial charge is 0.326 e. The maximum absolute atomic E-state index is 11.4.